The van der Waals surface area contributed by atoms with Crippen LogP contribution >= 0.6 is 0 Å². The van der Waals surface area contributed by atoms with Crippen LogP contribution in [0.25, 0.3) is 0 Å². The summed E-state index contributed by atoms with van der Waals surface area (Å²) in [5.41, 5.74) is 3.77. The van der Waals surface area contributed by atoms with Crippen LogP contribution in [0.15, 0.2) is 48.1 Å². The number of fused-ring (bicyclic) bond motifs is 1. The van der Waals surface area contributed by atoms with E-state index >= 15 is 0 Å². The highest BCUT2D eigenvalue weighted by Crippen LogP contribution is 2.48. The lowest BCUT2D eigenvalue weighted by Gasteiger charge is -2.19. The molecule has 0 heterocycles. The van der Waals surface area contributed by atoms with E-state index in [9.17, 15) is 15.0 Å². The summed E-state index contributed by atoms with van der Waals surface area (Å²) in [4.78, 5) is 11.7. The molecule has 1 amide bonds. The largest absolute Gasteiger partial charge is 0.396 e. The van der Waals surface area contributed by atoms with E-state index in [1.165, 1.54) is 11.1 Å². The van der Waals surface area contributed by atoms with E-state index in [4.69, 9.17) is 5.11 Å². The van der Waals surface area contributed by atoms with E-state index in [1.54, 1.807) is 0 Å². The first kappa shape index (κ1) is 24.7. The Hall–Kier alpha value is -1.95. The summed E-state index contributed by atoms with van der Waals surface area (Å²) >= 11 is 0. The summed E-state index contributed by atoms with van der Waals surface area (Å²) in [6, 6.07) is 8.21. The standard InChI is InChI=1S/C27H39NO4/c1-19-6-4-8-20(14-19)16-23(30)10-11-24-25-17-21(15-22(25)18-26(24)31)7-2-3-9-27(32)28-12-5-13-29/h4,6,8,10-11,14-15,22-26,29-31H,2-3,5,7,9,12-13,16-18H2,1H3,(H,28,32)/t22-,23-,24+,25-,26+/m0/s1. The fraction of sp³-hybridized carbons (Fsp3) is 0.593. The van der Waals surface area contributed by atoms with Gasteiger partial charge in [0.25, 0.3) is 0 Å². The first-order chi connectivity index (χ1) is 15.5. The molecule has 0 radical (unpaired) electrons. The van der Waals surface area contributed by atoms with Crippen molar-refractivity contribution < 1.29 is 20.1 Å². The van der Waals surface area contributed by atoms with Gasteiger partial charge >= 0.3 is 0 Å². The van der Waals surface area contributed by atoms with Crippen LogP contribution in [-0.4, -0.2) is 46.6 Å². The second-order valence-corrected chi connectivity index (χ2v) is 9.52. The number of allylic oxidation sites excluding steroid dienone is 2. The number of rotatable bonds is 12. The number of aliphatic hydroxyl groups excluding tert-OH is 3. The van der Waals surface area contributed by atoms with E-state index in [2.05, 4.69) is 30.4 Å². The van der Waals surface area contributed by atoms with Crippen molar-refractivity contribution in [1.82, 2.24) is 5.32 Å². The highest BCUT2D eigenvalue weighted by Gasteiger charge is 2.43. The van der Waals surface area contributed by atoms with Gasteiger partial charge in [-0.2, -0.15) is 0 Å². The SMILES string of the molecule is Cc1cccc(C[C@@H](O)C=C[C@@H]2[C@H]3CC(CCCCC(=O)NCCCO)=C[C@H]3C[C@H]2O)c1. The molecule has 0 bridgehead atoms. The summed E-state index contributed by atoms with van der Waals surface area (Å²) in [7, 11) is 0. The van der Waals surface area contributed by atoms with Crippen molar-refractivity contribution in [2.24, 2.45) is 17.8 Å². The number of carbonyl (C=O) groups is 1. The van der Waals surface area contributed by atoms with E-state index in [0.29, 0.717) is 37.6 Å². The highest BCUT2D eigenvalue weighted by molar-refractivity contribution is 5.75. The van der Waals surface area contributed by atoms with Gasteiger partial charge in [0.15, 0.2) is 0 Å². The summed E-state index contributed by atoms with van der Waals surface area (Å²) < 4.78 is 0. The van der Waals surface area contributed by atoms with Crippen LogP contribution in [0.2, 0.25) is 0 Å². The molecule has 1 fully saturated rings. The van der Waals surface area contributed by atoms with E-state index < -0.39 is 6.10 Å². The zero-order valence-electron chi connectivity index (χ0n) is 19.2. The smallest absolute Gasteiger partial charge is 0.219 e. The molecule has 176 valence electrons. The number of aliphatic hydroxyl groups is 3. The Bertz CT molecular complexity index is 803. The molecule has 5 heteroatoms. The van der Waals surface area contributed by atoms with E-state index in [1.807, 2.05) is 24.3 Å². The average molecular weight is 442 g/mol. The molecule has 32 heavy (non-hydrogen) atoms. The Balaban J connectivity index is 1.41. The predicted molar refractivity (Wildman–Crippen MR) is 127 cm³/mol. The Morgan fingerprint density at radius 1 is 1.28 bits per heavy atom. The van der Waals surface area contributed by atoms with Gasteiger partial charge in [-0.15, -0.1) is 0 Å². The Kier molecular flexibility index (Phi) is 9.51. The van der Waals surface area contributed by atoms with Crippen LogP contribution in [0.4, 0.5) is 0 Å². The number of hydrogen-bond acceptors (Lipinski definition) is 4. The predicted octanol–water partition coefficient (Wildman–Crippen LogP) is 3.46. The molecule has 5 nitrogen and oxygen atoms in total. The lowest BCUT2D eigenvalue weighted by atomic mass is 9.88. The maximum atomic E-state index is 11.7. The number of aryl methyl sites for hydroxylation is 1. The van der Waals surface area contributed by atoms with Gasteiger partial charge < -0.3 is 20.6 Å². The molecule has 2 aliphatic rings. The van der Waals surface area contributed by atoms with Gasteiger partial charge in [-0.05, 0) is 62.8 Å². The van der Waals surface area contributed by atoms with Crippen molar-refractivity contribution >= 4 is 5.91 Å². The van der Waals surface area contributed by atoms with Gasteiger partial charge in [0, 0.05) is 31.9 Å². The van der Waals surface area contributed by atoms with Crippen LogP contribution in [0.3, 0.4) is 0 Å². The third kappa shape index (κ3) is 7.29. The minimum atomic E-state index is -0.541. The molecule has 0 aromatic heterocycles. The van der Waals surface area contributed by atoms with Gasteiger partial charge in [-0.25, -0.2) is 0 Å². The fourth-order valence-corrected chi connectivity index (χ4v) is 5.23. The molecule has 3 rings (SSSR count). The summed E-state index contributed by atoms with van der Waals surface area (Å²) in [6.45, 7) is 2.70. The summed E-state index contributed by atoms with van der Waals surface area (Å²) in [5.74, 6) is 1.00. The van der Waals surface area contributed by atoms with Crippen molar-refractivity contribution in [1.29, 1.82) is 0 Å². The molecule has 1 aromatic rings. The highest BCUT2D eigenvalue weighted by atomic mass is 16.3. The quantitative estimate of drug-likeness (QED) is 0.295. The van der Waals surface area contributed by atoms with Gasteiger partial charge in [0.1, 0.15) is 0 Å². The Labute approximate surface area is 192 Å². The third-order valence-electron chi connectivity index (χ3n) is 6.84. The van der Waals surface area contributed by atoms with E-state index in [-0.39, 0.29) is 24.5 Å². The monoisotopic (exact) mass is 441 g/mol. The molecule has 0 unspecified atom stereocenters. The second kappa shape index (κ2) is 12.3. The second-order valence-electron chi connectivity index (χ2n) is 9.52. The number of carbonyl (C=O) groups excluding carboxylic acids is 1. The third-order valence-corrected chi connectivity index (χ3v) is 6.84. The molecular weight excluding hydrogens is 402 g/mol. The van der Waals surface area contributed by atoms with Crippen LogP contribution < -0.4 is 5.32 Å². The van der Waals surface area contributed by atoms with Crippen LogP contribution in [-0.2, 0) is 11.2 Å². The first-order valence-electron chi connectivity index (χ1n) is 12.1. The maximum absolute atomic E-state index is 11.7. The molecule has 1 aromatic carbocycles. The van der Waals surface area contributed by atoms with Gasteiger partial charge in [-0.3, -0.25) is 4.79 Å². The molecule has 0 saturated heterocycles. The molecule has 4 N–H and O–H groups in total. The van der Waals surface area contributed by atoms with Gasteiger partial charge in [0.05, 0.1) is 12.2 Å². The molecule has 0 aliphatic heterocycles. The molecule has 1 saturated carbocycles. The zero-order valence-corrected chi connectivity index (χ0v) is 19.2. The van der Waals surface area contributed by atoms with Crippen molar-refractivity contribution in [3.05, 3.63) is 59.2 Å². The molecule has 5 atom stereocenters. The van der Waals surface area contributed by atoms with Crippen molar-refractivity contribution in [3.63, 3.8) is 0 Å². The lowest BCUT2D eigenvalue weighted by Crippen LogP contribution is -2.24. The van der Waals surface area contributed by atoms with Crippen LogP contribution in [0.1, 0.15) is 56.1 Å². The molecule has 0 spiro atoms. The molecule has 2 aliphatic carbocycles. The van der Waals surface area contributed by atoms with Crippen molar-refractivity contribution in [3.8, 4) is 0 Å². The average Bonchev–Trinajstić information content (AvgIpc) is 3.26. The van der Waals surface area contributed by atoms with Crippen LogP contribution in [0.5, 0.6) is 0 Å². The van der Waals surface area contributed by atoms with Gasteiger partial charge in [0.2, 0.25) is 5.91 Å². The molecular formula is C27H39NO4. The van der Waals surface area contributed by atoms with Crippen LogP contribution in [0, 0.1) is 24.7 Å². The number of unbranched alkanes of at least 4 members (excludes halogenated alkanes) is 1. The number of amides is 1. The van der Waals surface area contributed by atoms with E-state index in [0.717, 1.165) is 37.7 Å². The fourth-order valence-electron chi connectivity index (χ4n) is 5.23. The Morgan fingerprint density at radius 2 is 2.12 bits per heavy atom. The lowest BCUT2D eigenvalue weighted by molar-refractivity contribution is -0.121. The minimum absolute atomic E-state index is 0.0632. The topological polar surface area (TPSA) is 89.8 Å². The normalized spacial score (nSPS) is 25.7. The zero-order chi connectivity index (χ0) is 22.9. The maximum Gasteiger partial charge on any atom is 0.219 e. The van der Waals surface area contributed by atoms with Crippen molar-refractivity contribution in [2.75, 3.05) is 13.2 Å². The minimum Gasteiger partial charge on any atom is -0.396 e. The number of nitrogens with one attached hydrogen (secondary N) is 1. The first-order valence-corrected chi connectivity index (χ1v) is 12.1. The summed E-state index contributed by atoms with van der Waals surface area (Å²) in [6.07, 6.45) is 11.8. The summed E-state index contributed by atoms with van der Waals surface area (Å²) in [5, 5.41) is 32.6. The number of hydrogen-bond donors (Lipinski definition) is 4. The van der Waals surface area contributed by atoms with Gasteiger partial charge in [-0.1, -0.05) is 53.6 Å². The number of benzene rings is 1. The van der Waals surface area contributed by atoms with Crippen molar-refractivity contribution in [2.45, 2.75) is 70.5 Å². The Morgan fingerprint density at radius 3 is 2.91 bits per heavy atom.